The lowest BCUT2D eigenvalue weighted by Gasteiger charge is -2.59. The van der Waals surface area contributed by atoms with E-state index in [1.54, 1.807) is 0 Å². The highest BCUT2D eigenvalue weighted by molar-refractivity contribution is 5.78. The second-order valence-corrected chi connectivity index (χ2v) is 12.0. The van der Waals surface area contributed by atoms with E-state index in [4.69, 9.17) is 9.47 Å². The fourth-order valence-corrected chi connectivity index (χ4v) is 6.45. The number of hydrogen-bond acceptors (Lipinski definition) is 5. The van der Waals surface area contributed by atoms with E-state index in [9.17, 15) is 35.9 Å². The fraction of sp³-hybridized carbons (Fsp3) is 0.920. The van der Waals surface area contributed by atoms with Crippen molar-refractivity contribution in [3.63, 3.8) is 0 Å². The standard InChI is InChI=1S/C25H36F6O5/c1-6-22(5,21(2,3)4)20(33)36-23-11-14-9-15(12-23)17(16(10-14)13-23)34-7-8-35-19(32)18(24(26,27)28)25(29,30)31/h14-18H,6-13H2,1-5H3. The van der Waals surface area contributed by atoms with Crippen molar-refractivity contribution in [2.24, 2.45) is 34.5 Å². The molecule has 4 bridgehead atoms. The Morgan fingerprint density at radius 3 is 1.86 bits per heavy atom. The van der Waals surface area contributed by atoms with Crippen molar-refractivity contribution in [2.45, 2.75) is 97.2 Å². The molecule has 0 aliphatic heterocycles. The van der Waals surface area contributed by atoms with Crippen LogP contribution in [-0.2, 0) is 23.8 Å². The van der Waals surface area contributed by atoms with Gasteiger partial charge in [-0.05, 0) is 68.6 Å². The highest BCUT2D eigenvalue weighted by Crippen LogP contribution is 2.59. The summed E-state index contributed by atoms with van der Waals surface area (Å²) in [6.45, 7) is 8.92. The summed E-state index contributed by atoms with van der Waals surface area (Å²) in [5.74, 6) is -6.29. The zero-order chi connectivity index (χ0) is 27.3. The third-order valence-electron chi connectivity index (χ3n) is 8.78. The Balaban J connectivity index is 1.58. The average molecular weight is 531 g/mol. The number of rotatable bonds is 8. The van der Waals surface area contributed by atoms with Crippen LogP contribution in [0.25, 0.3) is 0 Å². The minimum absolute atomic E-state index is 0.0559. The number of alkyl halides is 6. The number of carbonyl (C=O) groups is 2. The lowest BCUT2D eigenvalue weighted by atomic mass is 9.52. The maximum Gasteiger partial charge on any atom is 0.411 e. The van der Waals surface area contributed by atoms with Gasteiger partial charge in [0.25, 0.3) is 0 Å². The summed E-state index contributed by atoms with van der Waals surface area (Å²) >= 11 is 0. The minimum Gasteiger partial charge on any atom is -0.463 e. The van der Waals surface area contributed by atoms with Crippen LogP contribution in [0.4, 0.5) is 26.3 Å². The molecule has 208 valence electrons. The van der Waals surface area contributed by atoms with Gasteiger partial charge >= 0.3 is 24.3 Å². The van der Waals surface area contributed by atoms with E-state index in [2.05, 4.69) is 4.74 Å². The predicted octanol–water partition coefficient (Wildman–Crippen LogP) is 6.24. The molecule has 0 aromatic carbocycles. The Morgan fingerprint density at radius 2 is 1.42 bits per heavy atom. The second kappa shape index (κ2) is 9.66. The monoisotopic (exact) mass is 530 g/mol. The summed E-state index contributed by atoms with van der Waals surface area (Å²) in [5, 5.41) is 0. The summed E-state index contributed by atoms with van der Waals surface area (Å²) in [6, 6.07) is 0. The van der Waals surface area contributed by atoms with E-state index in [1.165, 1.54) is 0 Å². The molecule has 4 fully saturated rings. The molecule has 4 saturated carbocycles. The molecule has 0 saturated heterocycles. The molecule has 0 aromatic rings. The number of carbonyl (C=O) groups excluding carboxylic acids is 2. The van der Waals surface area contributed by atoms with Crippen LogP contribution in [-0.4, -0.2) is 49.2 Å². The first-order chi connectivity index (χ1) is 16.3. The van der Waals surface area contributed by atoms with Gasteiger partial charge in [-0.2, -0.15) is 26.3 Å². The molecule has 0 amide bonds. The number of halogens is 6. The van der Waals surface area contributed by atoms with Crippen molar-refractivity contribution in [3.05, 3.63) is 0 Å². The Bertz CT molecular complexity index is 802. The van der Waals surface area contributed by atoms with Gasteiger partial charge in [-0.1, -0.05) is 27.7 Å². The van der Waals surface area contributed by atoms with Crippen LogP contribution in [0.1, 0.15) is 73.1 Å². The van der Waals surface area contributed by atoms with Gasteiger partial charge in [-0.15, -0.1) is 0 Å². The van der Waals surface area contributed by atoms with Gasteiger partial charge in [0.1, 0.15) is 12.2 Å². The molecule has 11 heteroatoms. The molecule has 0 spiro atoms. The van der Waals surface area contributed by atoms with Crippen molar-refractivity contribution in [3.8, 4) is 0 Å². The first-order valence-corrected chi connectivity index (χ1v) is 12.5. The van der Waals surface area contributed by atoms with Crippen molar-refractivity contribution in [1.29, 1.82) is 0 Å². The largest absolute Gasteiger partial charge is 0.463 e. The second-order valence-electron chi connectivity index (χ2n) is 12.0. The third kappa shape index (κ3) is 5.65. The highest BCUT2D eigenvalue weighted by Gasteiger charge is 2.62. The molecule has 3 atom stereocenters. The van der Waals surface area contributed by atoms with E-state index in [1.807, 2.05) is 34.6 Å². The van der Waals surface area contributed by atoms with Gasteiger partial charge in [-0.25, -0.2) is 0 Å². The van der Waals surface area contributed by atoms with Gasteiger partial charge in [0, 0.05) is 0 Å². The van der Waals surface area contributed by atoms with Gasteiger partial charge in [0.2, 0.25) is 5.92 Å². The fourth-order valence-electron chi connectivity index (χ4n) is 6.45. The zero-order valence-electron chi connectivity index (χ0n) is 21.4. The van der Waals surface area contributed by atoms with E-state index < -0.39 is 41.9 Å². The predicted molar refractivity (Wildman–Crippen MR) is 117 cm³/mol. The van der Waals surface area contributed by atoms with Crippen LogP contribution >= 0.6 is 0 Å². The molecule has 0 radical (unpaired) electrons. The Kier molecular flexibility index (Phi) is 7.79. The van der Waals surface area contributed by atoms with E-state index in [0.717, 1.165) is 19.3 Å². The topological polar surface area (TPSA) is 61.8 Å². The van der Waals surface area contributed by atoms with Crippen LogP contribution in [0.5, 0.6) is 0 Å². The molecule has 5 nitrogen and oxygen atoms in total. The molecule has 0 N–H and O–H groups in total. The maximum absolute atomic E-state index is 13.3. The van der Waals surface area contributed by atoms with Crippen molar-refractivity contribution < 1.29 is 50.1 Å². The van der Waals surface area contributed by atoms with Gasteiger partial charge in [-0.3, -0.25) is 9.59 Å². The van der Waals surface area contributed by atoms with Crippen LogP contribution in [0.3, 0.4) is 0 Å². The smallest absolute Gasteiger partial charge is 0.411 e. The molecular weight excluding hydrogens is 494 g/mol. The molecule has 4 aliphatic carbocycles. The molecule has 3 unspecified atom stereocenters. The Hall–Kier alpha value is -1.52. The Labute approximate surface area is 207 Å². The molecule has 0 aromatic heterocycles. The molecular formula is C25H36F6O5. The van der Waals surface area contributed by atoms with Crippen LogP contribution in [0, 0.1) is 34.5 Å². The summed E-state index contributed by atoms with van der Waals surface area (Å²) in [7, 11) is 0. The van der Waals surface area contributed by atoms with Gasteiger partial charge in [0.05, 0.1) is 18.1 Å². The lowest BCUT2D eigenvalue weighted by molar-refractivity contribution is -0.282. The quantitative estimate of drug-likeness (QED) is 0.211. The minimum atomic E-state index is -5.79. The summed E-state index contributed by atoms with van der Waals surface area (Å²) in [4.78, 5) is 24.8. The normalized spacial score (nSPS) is 31.9. The summed E-state index contributed by atoms with van der Waals surface area (Å²) < 4.78 is 92.3. The van der Waals surface area contributed by atoms with Crippen LogP contribution in [0.15, 0.2) is 0 Å². The van der Waals surface area contributed by atoms with E-state index in [-0.39, 0.29) is 35.9 Å². The number of ether oxygens (including phenoxy) is 3. The number of esters is 2. The molecule has 4 rings (SSSR count). The van der Waals surface area contributed by atoms with Crippen LogP contribution < -0.4 is 0 Å². The van der Waals surface area contributed by atoms with Gasteiger partial charge < -0.3 is 14.2 Å². The number of hydrogen-bond donors (Lipinski definition) is 0. The zero-order valence-corrected chi connectivity index (χ0v) is 21.4. The summed E-state index contributed by atoms with van der Waals surface area (Å²) in [6.07, 6.45) is -7.51. The Morgan fingerprint density at radius 1 is 0.889 bits per heavy atom. The average Bonchev–Trinajstić information content (AvgIpc) is 2.68. The SMILES string of the molecule is CCC(C)(C(=O)OC12CC3CC(C1)C(OCCOC(=O)C(C(F)(F)F)C(F)(F)F)C(C3)C2)C(C)(C)C. The molecule has 36 heavy (non-hydrogen) atoms. The maximum atomic E-state index is 13.3. The summed E-state index contributed by atoms with van der Waals surface area (Å²) in [5.41, 5.74) is -1.52. The van der Waals surface area contributed by atoms with Crippen LogP contribution in [0.2, 0.25) is 0 Å². The van der Waals surface area contributed by atoms with Crippen molar-refractivity contribution >= 4 is 11.9 Å². The first-order valence-electron chi connectivity index (χ1n) is 12.5. The van der Waals surface area contributed by atoms with E-state index >= 15 is 0 Å². The van der Waals surface area contributed by atoms with E-state index in [0.29, 0.717) is 25.2 Å². The third-order valence-corrected chi connectivity index (χ3v) is 8.78. The lowest BCUT2D eigenvalue weighted by Crippen LogP contribution is -2.60. The highest BCUT2D eigenvalue weighted by atomic mass is 19.4. The van der Waals surface area contributed by atoms with Crippen molar-refractivity contribution in [2.75, 3.05) is 13.2 Å². The molecule has 0 heterocycles. The first kappa shape index (κ1) is 29.0. The van der Waals surface area contributed by atoms with Crippen molar-refractivity contribution in [1.82, 2.24) is 0 Å². The van der Waals surface area contributed by atoms with Gasteiger partial charge in [0.15, 0.2) is 0 Å². The molecule has 4 aliphatic rings.